The monoisotopic (exact) mass is 254 g/mol. The molecule has 2 heteroatoms. The molecule has 0 saturated carbocycles. The quantitative estimate of drug-likeness (QED) is 0.772. The molecule has 0 saturated heterocycles. The molecule has 98 valence electrons. The van der Waals surface area contributed by atoms with Crippen molar-refractivity contribution < 1.29 is 9.53 Å². The largest absolute Gasteiger partial charge is 0.496 e. The van der Waals surface area contributed by atoms with E-state index in [0.717, 1.165) is 28.7 Å². The van der Waals surface area contributed by atoms with Crippen molar-refractivity contribution in [3.8, 4) is 16.9 Å². The molecule has 19 heavy (non-hydrogen) atoms. The normalized spacial score (nSPS) is 11.9. The Morgan fingerprint density at radius 1 is 1.11 bits per heavy atom. The molecule has 2 rings (SSSR count). The van der Waals surface area contributed by atoms with Gasteiger partial charge in [0.1, 0.15) is 12.0 Å². The zero-order chi connectivity index (χ0) is 13.8. The zero-order valence-corrected chi connectivity index (χ0v) is 11.5. The van der Waals surface area contributed by atoms with E-state index in [2.05, 4.69) is 19.1 Å². The van der Waals surface area contributed by atoms with Gasteiger partial charge in [-0.25, -0.2) is 0 Å². The molecule has 0 heterocycles. The van der Waals surface area contributed by atoms with Gasteiger partial charge in [-0.3, -0.25) is 0 Å². The SMILES string of the molecule is COc1cc(C(C)C=O)ccc1-c1ccccc1C. The fraction of sp³-hybridized carbons (Fsp3) is 0.235. The fourth-order valence-corrected chi connectivity index (χ4v) is 2.17. The van der Waals surface area contributed by atoms with Gasteiger partial charge in [-0.1, -0.05) is 43.3 Å². The van der Waals surface area contributed by atoms with E-state index in [4.69, 9.17) is 4.74 Å². The lowest BCUT2D eigenvalue weighted by Crippen LogP contribution is -1.97. The summed E-state index contributed by atoms with van der Waals surface area (Å²) >= 11 is 0. The number of carbonyl (C=O) groups excluding carboxylic acids is 1. The van der Waals surface area contributed by atoms with Crippen LogP contribution in [0.4, 0.5) is 0 Å². The van der Waals surface area contributed by atoms with Crippen molar-refractivity contribution in [1.29, 1.82) is 0 Å². The van der Waals surface area contributed by atoms with Crippen LogP contribution in [0.25, 0.3) is 11.1 Å². The van der Waals surface area contributed by atoms with Crippen molar-refractivity contribution in [3.63, 3.8) is 0 Å². The number of benzene rings is 2. The summed E-state index contributed by atoms with van der Waals surface area (Å²) in [6, 6.07) is 14.2. The van der Waals surface area contributed by atoms with Crippen molar-refractivity contribution in [2.75, 3.05) is 7.11 Å². The van der Waals surface area contributed by atoms with Gasteiger partial charge in [-0.2, -0.15) is 0 Å². The molecular weight excluding hydrogens is 236 g/mol. The molecule has 0 amide bonds. The predicted molar refractivity (Wildman–Crippen MR) is 77.6 cm³/mol. The van der Waals surface area contributed by atoms with Gasteiger partial charge in [0.25, 0.3) is 0 Å². The Balaban J connectivity index is 2.53. The first-order valence-electron chi connectivity index (χ1n) is 6.36. The summed E-state index contributed by atoms with van der Waals surface area (Å²) in [4.78, 5) is 10.9. The molecule has 2 aromatic carbocycles. The van der Waals surface area contributed by atoms with Gasteiger partial charge >= 0.3 is 0 Å². The molecule has 0 N–H and O–H groups in total. The Hall–Kier alpha value is -2.09. The average Bonchev–Trinajstić information content (AvgIpc) is 2.46. The number of ether oxygens (including phenoxy) is 1. The lowest BCUT2D eigenvalue weighted by Gasteiger charge is -2.14. The number of aryl methyl sites for hydroxylation is 1. The van der Waals surface area contributed by atoms with Crippen LogP contribution in [0.2, 0.25) is 0 Å². The Morgan fingerprint density at radius 3 is 2.47 bits per heavy atom. The van der Waals surface area contributed by atoms with Gasteiger partial charge in [-0.05, 0) is 29.7 Å². The standard InChI is InChI=1S/C17H18O2/c1-12-6-4-5-7-15(12)16-9-8-14(13(2)11-18)10-17(16)19-3/h4-11,13H,1-3H3. The fourth-order valence-electron chi connectivity index (χ4n) is 2.17. The topological polar surface area (TPSA) is 26.3 Å². The highest BCUT2D eigenvalue weighted by Crippen LogP contribution is 2.34. The summed E-state index contributed by atoms with van der Waals surface area (Å²) in [7, 11) is 1.66. The average molecular weight is 254 g/mol. The summed E-state index contributed by atoms with van der Waals surface area (Å²) in [5, 5.41) is 0. The first-order valence-corrected chi connectivity index (χ1v) is 6.36. The molecule has 0 fully saturated rings. The molecule has 0 aromatic heterocycles. The highest BCUT2D eigenvalue weighted by Gasteiger charge is 2.11. The number of hydrogen-bond donors (Lipinski definition) is 0. The smallest absolute Gasteiger partial charge is 0.127 e. The van der Waals surface area contributed by atoms with E-state index in [0.29, 0.717) is 0 Å². The summed E-state index contributed by atoms with van der Waals surface area (Å²) in [6.07, 6.45) is 0.947. The third-order valence-electron chi connectivity index (χ3n) is 3.39. The van der Waals surface area contributed by atoms with Gasteiger partial charge in [0.05, 0.1) is 7.11 Å². The lowest BCUT2D eigenvalue weighted by atomic mass is 9.95. The molecule has 2 nitrogen and oxygen atoms in total. The third-order valence-corrected chi connectivity index (χ3v) is 3.39. The minimum atomic E-state index is -0.111. The van der Waals surface area contributed by atoms with Crippen molar-refractivity contribution in [3.05, 3.63) is 53.6 Å². The van der Waals surface area contributed by atoms with Gasteiger partial charge in [0.15, 0.2) is 0 Å². The van der Waals surface area contributed by atoms with Crippen LogP contribution < -0.4 is 4.74 Å². The van der Waals surface area contributed by atoms with E-state index in [-0.39, 0.29) is 5.92 Å². The Bertz CT molecular complexity index is 588. The zero-order valence-electron chi connectivity index (χ0n) is 11.5. The number of rotatable bonds is 4. The second-order valence-electron chi connectivity index (χ2n) is 4.70. The maximum atomic E-state index is 10.9. The molecule has 2 aromatic rings. The Morgan fingerprint density at radius 2 is 1.84 bits per heavy atom. The molecule has 0 bridgehead atoms. The summed E-state index contributed by atoms with van der Waals surface area (Å²) in [5.74, 6) is 0.695. The highest BCUT2D eigenvalue weighted by molar-refractivity contribution is 5.74. The van der Waals surface area contributed by atoms with Crippen LogP contribution in [0.15, 0.2) is 42.5 Å². The molecule has 1 atom stereocenters. The Labute approximate surface area is 114 Å². The first-order chi connectivity index (χ1) is 9.17. The van der Waals surface area contributed by atoms with E-state index in [1.165, 1.54) is 5.56 Å². The Kier molecular flexibility index (Phi) is 4.00. The van der Waals surface area contributed by atoms with Crippen molar-refractivity contribution in [2.45, 2.75) is 19.8 Å². The van der Waals surface area contributed by atoms with Crippen LogP contribution in [-0.4, -0.2) is 13.4 Å². The number of carbonyl (C=O) groups is 1. The molecule has 0 spiro atoms. The molecular formula is C17H18O2. The summed E-state index contributed by atoms with van der Waals surface area (Å²) in [6.45, 7) is 3.96. The van der Waals surface area contributed by atoms with Crippen LogP contribution in [0.5, 0.6) is 5.75 Å². The van der Waals surface area contributed by atoms with Crippen LogP contribution in [0, 0.1) is 6.92 Å². The van der Waals surface area contributed by atoms with E-state index in [1.54, 1.807) is 7.11 Å². The van der Waals surface area contributed by atoms with E-state index in [1.807, 2.05) is 37.3 Å². The van der Waals surface area contributed by atoms with Crippen LogP contribution in [0.1, 0.15) is 24.0 Å². The summed E-state index contributed by atoms with van der Waals surface area (Å²) < 4.78 is 5.47. The minimum absolute atomic E-state index is 0.111. The number of aldehydes is 1. The second kappa shape index (κ2) is 5.70. The molecule has 1 unspecified atom stereocenters. The van der Waals surface area contributed by atoms with Crippen LogP contribution >= 0.6 is 0 Å². The van der Waals surface area contributed by atoms with Crippen LogP contribution in [0.3, 0.4) is 0 Å². The first kappa shape index (κ1) is 13.3. The van der Waals surface area contributed by atoms with Gasteiger partial charge in [-0.15, -0.1) is 0 Å². The molecule has 0 aliphatic heterocycles. The van der Waals surface area contributed by atoms with Gasteiger partial charge < -0.3 is 9.53 Å². The number of methoxy groups -OCH3 is 1. The highest BCUT2D eigenvalue weighted by atomic mass is 16.5. The second-order valence-corrected chi connectivity index (χ2v) is 4.70. The van der Waals surface area contributed by atoms with Gasteiger partial charge in [0.2, 0.25) is 0 Å². The van der Waals surface area contributed by atoms with Crippen molar-refractivity contribution in [2.24, 2.45) is 0 Å². The molecule has 0 radical (unpaired) electrons. The third kappa shape index (κ3) is 2.68. The molecule has 0 aliphatic carbocycles. The maximum Gasteiger partial charge on any atom is 0.127 e. The predicted octanol–water partition coefficient (Wildman–Crippen LogP) is 3.97. The summed E-state index contributed by atoms with van der Waals surface area (Å²) in [5.41, 5.74) is 4.40. The van der Waals surface area contributed by atoms with E-state index < -0.39 is 0 Å². The minimum Gasteiger partial charge on any atom is -0.496 e. The molecule has 0 aliphatic rings. The lowest BCUT2D eigenvalue weighted by molar-refractivity contribution is -0.108. The van der Waals surface area contributed by atoms with Crippen LogP contribution in [-0.2, 0) is 4.79 Å². The van der Waals surface area contributed by atoms with Crippen molar-refractivity contribution in [1.82, 2.24) is 0 Å². The van der Waals surface area contributed by atoms with Gasteiger partial charge in [0, 0.05) is 11.5 Å². The van der Waals surface area contributed by atoms with E-state index >= 15 is 0 Å². The maximum absolute atomic E-state index is 10.9. The van der Waals surface area contributed by atoms with E-state index in [9.17, 15) is 4.79 Å². The number of hydrogen-bond acceptors (Lipinski definition) is 2. The van der Waals surface area contributed by atoms with Crippen molar-refractivity contribution >= 4 is 6.29 Å².